The molecular formula is C22H23BrN6O2. The Morgan fingerprint density at radius 1 is 1.06 bits per heavy atom. The molecule has 1 aliphatic heterocycles. The van der Waals surface area contributed by atoms with Crippen LogP contribution in [-0.4, -0.2) is 59.0 Å². The molecule has 160 valence electrons. The first kappa shape index (κ1) is 21.0. The molecule has 1 saturated heterocycles. The maximum absolute atomic E-state index is 12.7. The van der Waals surface area contributed by atoms with Crippen LogP contribution in [0.4, 0.5) is 17.5 Å². The number of hydrogen-bond acceptors (Lipinski definition) is 7. The van der Waals surface area contributed by atoms with Crippen molar-refractivity contribution in [2.75, 3.05) is 43.5 Å². The number of pyridine rings is 1. The second kappa shape index (κ2) is 9.30. The van der Waals surface area contributed by atoms with Gasteiger partial charge in [0.05, 0.1) is 12.7 Å². The summed E-state index contributed by atoms with van der Waals surface area (Å²) in [6.07, 6.45) is 3.27. The molecule has 3 heterocycles. The predicted octanol–water partition coefficient (Wildman–Crippen LogP) is 3.66. The minimum absolute atomic E-state index is 0.0135. The van der Waals surface area contributed by atoms with Gasteiger partial charge in [-0.2, -0.15) is 4.98 Å². The van der Waals surface area contributed by atoms with Gasteiger partial charge in [0.1, 0.15) is 11.6 Å². The number of ether oxygens (including phenoxy) is 1. The number of amides is 1. The van der Waals surface area contributed by atoms with Gasteiger partial charge in [-0.05, 0) is 53.2 Å². The SMILES string of the molecule is COc1ccc(Nc2cc(C)nc(N3CCN(C(=O)c4cncc(Br)c4)CC3)n2)cc1. The Bertz CT molecular complexity index is 1070. The molecule has 0 radical (unpaired) electrons. The van der Waals surface area contributed by atoms with Crippen LogP contribution >= 0.6 is 15.9 Å². The molecule has 1 aromatic carbocycles. The Labute approximate surface area is 189 Å². The van der Waals surface area contributed by atoms with E-state index in [-0.39, 0.29) is 5.91 Å². The maximum Gasteiger partial charge on any atom is 0.255 e. The summed E-state index contributed by atoms with van der Waals surface area (Å²) in [6, 6.07) is 11.4. The summed E-state index contributed by atoms with van der Waals surface area (Å²) in [6.45, 7) is 4.48. The van der Waals surface area contributed by atoms with E-state index in [2.05, 4.69) is 41.1 Å². The van der Waals surface area contributed by atoms with Crippen LogP contribution < -0.4 is 15.0 Å². The quantitative estimate of drug-likeness (QED) is 0.593. The van der Waals surface area contributed by atoms with E-state index in [9.17, 15) is 4.79 Å². The van der Waals surface area contributed by atoms with Gasteiger partial charge in [-0.25, -0.2) is 4.98 Å². The van der Waals surface area contributed by atoms with Crippen LogP contribution in [0.2, 0.25) is 0 Å². The lowest BCUT2D eigenvalue weighted by Gasteiger charge is -2.35. The second-order valence-electron chi connectivity index (χ2n) is 7.22. The fraction of sp³-hybridized carbons (Fsp3) is 0.273. The Balaban J connectivity index is 1.42. The first-order valence-electron chi connectivity index (χ1n) is 9.93. The Morgan fingerprint density at radius 3 is 2.48 bits per heavy atom. The molecule has 31 heavy (non-hydrogen) atoms. The lowest BCUT2D eigenvalue weighted by Crippen LogP contribution is -2.49. The van der Waals surface area contributed by atoms with Crippen molar-refractivity contribution in [1.29, 1.82) is 0 Å². The van der Waals surface area contributed by atoms with Crippen molar-refractivity contribution in [2.45, 2.75) is 6.92 Å². The minimum Gasteiger partial charge on any atom is -0.497 e. The molecule has 1 N–H and O–H groups in total. The molecular weight excluding hydrogens is 460 g/mol. The predicted molar refractivity (Wildman–Crippen MR) is 123 cm³/mol. The Kier molecular flexibility index (Phi) is 6.31. The molecule has 1 amide bonds. The molecule has 8 nitrogen and oxygen atoms in total. The molecule has 3 aromatic rings. The molecule has 0 atom stereocenters. The largest absolute Gasteiger partial charge is 0.497 e. The molecule has 0 unspecified atom stereocenters. The lowest BCUT2D eigenvalue weighted by molar-refractivity contribution is 0.0745. The van der Waals surface area contributed by atoms with E-state index in [0.717, 1.165) is 27.4 Å². The third-order valence-corrected chi connectivity index (χ3v) is 5.44. The molecule has 0 spiro atoms. The molecule has 0 saturated carbocycles. The van der Waals surface area contributed by atoms with E-state index in [1.165, 1.54) is 0 Å². The summed E-state index contributed by atoms with van der Waals surface area (Å²) in [4.78, 5) is 30.1. The number of hydrogen-bond donors (Lipinski definition) is 1. The van der Waals surface area contributed by atoms with E-state index >= 15 is 0 Å². The molecule has 2 aromatic heterocycles. The summed E-state index contributed by atoms with van der Waals surface area (Å²) in [5.74, 6) is 2.18. The number of carbonyl (C=O) groups excluding carboxylic acids is 1. The molecule has 1 fully saturated rings. The number of aryl methyl sites for hydroxylation is 1. The highest BCUT2D eigenvalue weighted by Crippen LogP contribution is 2.22. The van der Waals surface area contributed by atoms with Crippen LogP contribution in [0.1, 0.15) is 16.1 Å². The average molecular weight is 483 g/mol. The van der Waals surface area contributed by atoms with Gasteiger partial charge in [-0.15, -0.1) is 0 Å². The second-order valence-corrected chi connectivity index (χ2v) is 8.13. The first-order chi connectivity index (χ1) is 15.0. The number of anilines is 3. The highest BCUT2D eigenvalue weighted by molar-refractivity contribution is 9.10. The van der Waals surface area contributed by atoms with Gasteiger partial charge in [-0.3, -0.25) is 9.78 Å². The molecule has 9 heteroatoms. The lowest BCUT2D eigenvalue weighted by atomic mass is 10.2. The summed E-state index contributed by atoms with van der Waals surface area (Å²) < 4.78 is 6.00. The van der Waals surface area contributed by atoms with E-state index in [1.807, 2.05) is 42.2 Å². The van der Waals surface area contributed by atoms with E-state index in [1.54, 1.807) is 25.6 Å². The van der Waals surface area contributed by atoms with E-state index in [0.29, 0.717) is 37.7 Å². The highest BCUT2D eigenvalue weighted by atomic mass is 79.9. The normalized spacial score (nSPS) is 13.8. The van der Waals surface area contributed by atoms with Crippen molar-refractivity contribution in [3.8, 4) is 5.75 Å². The minimum atomic E-state index is -0.0135. The summed E-state index contributed by atoms with van der Waals surface area (Å²) >= 11 is 3.37. The van der Waals surface area contributed by atoms with Gasteiger partial charge in [-0.1, -0.05) is 0 Å². The van der Waals surface area contributed by atoms with Crippen LogP contribution in [0.5, 0.6) is 5.75 Å². The van der Waals surface area contributed by atoms with Crippen LogP contribution in [0.25, 0.3) is 0 Å². The topological polar surface area (TPSA) is 83.5 Å². The number of rotatable bonds is 5. The first-order valence-corrected chi connectivity index (χ1v) is 10.7. The monoisotopic (exact) mass is 482 g/mol. The van der Waals surface area contributed by atoms with Gasteiger partial charge < -0.3 is 19.9 Å². The third-order valence-electron chi connectivity index (χ3n) is 5.01. The van der Waals surface area contributed by atoms with Crippen LogP contribution in [-0.2, 0) is 0 Å². The summed E-state index contributed by atoms with van der Waals surface area (Å²) in [5.41, 5.74) is 2.38. The molecule has 0 aliphatic carbocycles. The smallest absolute Gasteiger partial charge is 0.255 e. The van der Waals surface area contributed by atoms with Gasteiger partial charge in [0.2, 0.25) is 5.95 Å². The number of methoxy groups -OCH3 is 1. The Hall–Kier alpha value is -3.20. The fourth-order valence-electron chi connectivity index (χ4n) is 3.40. The van der Waals surface area contributed by atoms with Gasteiger partial charge in [0.25, 0.3) is 5.91 Å². The van der Waals surface area contributed by atoms with Crippen molar-refractivity contribution >= 4 is 39.3 Å². The zero-order chi connectivity index (χ0) is 21.8. The van der Waals surface area contributed by atoms with Crippen LogP contribution in [0, 0.1) is 6.92 Å². The number of nitrogens with one attached hydrogen (secondary N) is 1. The number of benzene rings is 1. The number of nitrogens with zero attached hydrogens (tertiary/aromatic N) is 5. The fourth-order valence-corrected chi connectivity index (χ4v) is 3.77. The number of carbonyl (C=O) groups is 1. The summed E-state index contributed by atoms with van der Waals surface area (Å²) in [7, 11) is 1.64. The number of aromatic nitrogens is 3. The van der Waals surface area contributed by atoms with Crippen molar-refractivity contribution < 1.29 is 9.53 Å². The number of piperazine rings is 1. The molecule has 4 rings (SSSR count). The Morgan fingerprint density at radius 2 is 1.81 bits per heavy atom. The van der Waals surface area contributed by atoms with E-state index in [4.69, 9.17) is 4.74 Å². The third kappa shape index (κ3) is 5.11. The molecule has 1 aliphatic rings. The van der Waals surface area contributed by atoms with Crippen molar-refractivity contribution in [3.05, 3.63) is 64.5 Å². The van der Waals surface area contributed by atoms with Gasteiger partial charge in [0, 0.05) is 60.5 Å². The van der Waals surface area contributed by atoms with Crippen molar-refractivity contribution in [2.24, 2.45) is 0 Å². The standard InChI is InChI=1S/C22H23BrN6O2/c1-15-11-20(26-18-3-5-19(31-2)6-4-18)27-22(25-15)29-9-7-28(8-10-29)21(30)16-12-17(23)14-24-13-16/h3-6,11-14H,7-10H2,1-2H3,(H,25,26,27). The summed E-state index contributed by atoms with van der Waals surface area (Å²) in [5, 5.41) is 3.32. The number of halogens is 1. The average Bonchev–Trinajstić information content (AvgIpc) is 2.79. The molecule has 0 bridgehead atoms. The highest BCUT2D eigenvalue weighted by Gasteiger charge is 2.24. The zero-order valence-corrected chi connectivity index (χ0v) is 19.0. The van der Waals surface area contributed by atoms with Gasteiger partial charge >= 0.3 is 0 Å². The van der Waals surface area contributed by atoms with Crippen LogP contribution in [0.3, 0.4) is 0 Å². The van der Waals surface area contributed by atoms with Crippen molar-refractivity contribution in [1.82, 2.24) is 19.9 Å². The zero-order valence-electron chi connectivity index (χ0n) is 17.4. The van der Waals surface area contributed by atoms with Crippen molar-refractivity contribution in [3.63, 3.8) is 0 Å². The van der Waals surface area contributed by atoms with Crippen LogP contribution in [0.15, 0.2) is 53.3 Å². The maximum atomic E-state index is 12.7. The van der Waals surface area contributed by atoms with E-state index < -0.39 is 0 Å². The van der Waals surface area contributed by atoms with Gasteiger partial charge in [0.15, 0.2) is 0 Å².